The van der Waals surface area contributed by atoms with Crippen LogP contribution in [0.1, 0.15) is 162 Å². The van der Waals surface area contributed by atoms with Gasteiger partial charge in [-0.05, 0) is 108 Å². The van der Waals surface area contributed by atoms with Crippen LogP contribution in [0.4, 0.5) is 0 Å². The number of hydrogen-bond acceptors (Lipinski definition) is 4. The van der Waals surface area contributed by atoms with Gasteiger partial charge >= 0.3 is 103 Å². The molecule has 1 aromatic carbocycles. The maximum absolute atomic E-state index is 3.97. The van der Waals surface area contributed by atoms with Crippen molar-refractivity contribution in [3.8, 4) is 0 Å². The van der Waals surface area contributed by atoms with Crippen LogP contribution in [0.15, 0.2) is 391 Å². The number of rotatable bonds is 16. The van der Waals surface area contributed by atoms with Gasteiger partial charge in [0.1, 0.15) is 0 Å². The molecular formula is C89H143K2N4+. The first-order valence-electron chi connectivity index (χ1n) is 30.7. The van der Waals surface area contributed by atoms with E-state index in [9.17, 15) is 0 Å². The summed E-state index contributed by atoms with van der Waals surface area (Å²) in [5.74, 6) is 0.252. The van der Waals surface area contributed by atoms with E-state index in [-0.39, 0.29) is 140 Å². The summed E-state index contributed by atoms with van der Waals surface area (Å²) in [7, 11) is 0. The van der Waals surface area contributed by atoms with E-state index in [0.717, 1.165) is 28.7 Å². The summed E-state index contributed by atoms with van der Waals surface area (Å²) in [6, 6.07) is 34.9. The van der Waals surface area contributed by atoms with Crippen LogP contribution in [0.3, 0.4) is 0 Å². The second kappa shape index (κ2) is 132. The first-order valence-corrected chi connectivity index (χ1v) is 30.7. The van der Waals surface area contributed by atoms with E-state index in [4.69, 9.17) is 0 Å². The fourth-order valence-corrected chi connectivity index (χ4v) is 4.34. The smallest absolute Gasteiger partial charge is 0.265 e. The molecule has 0 amide bonds. The van der Waals surface area contributed by atoms with Gasteiger partial charge in [0.05, 0.1) is 0 Å². The Morgan fingerprint density at radius 3 is 0.863 bits per heavy atom. The summed E-state index contributed by atoms with van der Waals surface area (Å²) in [5, 5.41) is 0. The quantitative estimate of drug-likeness (QED) is 0.0428. The van der Waals surface area contributed by atoms with Crippen molar-refractivity contribution in [3.05, 3.63) is 398 Å². The number of benzene rings is 1. The van der Waals surface area contributed by atoms with Crippen molar-refractivity contribution in [3.63, 3.8) is 0 Å². The zero-order valence-electron chi connectivity index (χ0n) is 61.4. The minimum atomic E-state index is 0. The van der Waals surface area contributed by atoms with Gasteiger partial charge in [0.2, 0.25) is 0 Å². The molecule has 4 nitrogen and oxygen atoms in total. The van der Waals surface area contributed by atoms with Gasteiger partial charge in [-0.25, -0.2) is 18.6 Å². The Kier molecular flexibility index (Phi) is 180. The number of pyridine rings is 4. The van der Waals surface area contributed by atoms with Crippen LogP contribution in [0.2, 0.25) is 0 Å². The summed E-state index contributed by atoms with van der Waals surface area (Å²) in [6.45, 7) is 72.2. The van der Waals surface area contributed by atoms with E-state index in [1.54, 1.807) is 73.9 Å². The molecule has 0 fully saturated rings. The van der Waals surface area contributed by atoms with Crippen molar-refractivity contribution in [2.24, 2.45) is 5.92 Å². The Morgan fingerprint density at radius 1 is 0.411 bits per heavy atom. The molecule has 0 spiro atoms. The van der Waals surface area contributed by atoms with E-state index in [2.05, 4.69) is 164 Å². The molecular weight excluding hydrogens is 1200 g/mol. The molecule has 0 radical (unpaired) electrons. The van der Waals surface area contributed by atoms with Crippen LogP contribution >= 0.6 is 0 Å². The third kappa shape index (κ3) is 149. The Hall–Kier alpha value is -5.98. The average molecular weight is 1350 g/mol. The average Bonchev–Trinajstić information content (AvgIpc) is 3.00. The Balaban J connectivity index is -0.0000000476. The van der Waals surface area contributed by atoms with E-state index < -0.39 is 0 Å². The van der Waals surface area contributed by atoms with Gasteiger partial charge in [-0.15, -0.1) is 25.7 Å². The third-order valence-electron chi connectivity index (χ3n) is 8.56. The number of allylic oxidation sites excluding steroid dienone is 28. The maximum atomic E-state index is 3.97. The van der Waals surface area contributed by atoms with Crippen LogP contribution in [0, 0.1) is 12.3 Å². The van der Waals surface area contributed by atoms with Gasteiger partial charge in [-0.2, -0.15) is 0 Å². The molecule has 0 saturated carbocycles. The van der Waals surface area contributed by atoms with Crippen molar-refractivity contribution in [1.82, 2.24) is 19.9 Å². The molecule has 0 bridgehead atoms. The predicted molar refractivity (Wildman–Crippen MR) is 444 cm³/mol. The number of nitrogens with zero attached hydrogens (tertiary/aromatic N) is 4. The monoisotopic (exact) mass is 1350 g/mol. The zero-order valence-corrected chi connectivity index (χ0v) is 67.6. The second-order valence-corrected chi connectivity index (χ2v) is 16.1. The maximum Gasteiger partial charge on any atom is 1.00 e. The summed E-state index contributed by atoms with van der Waals surface area (Å²) in [6.07, 6.45) is 57.9. The fraction of sp³-hybridized carbons (Fsp3) is 0.270. The summed E-state index contributed by atoms with van der Waals surface area (Å²) in [5.41, 5.74) is 8.16. The molecule has 0 aliphatic carbocycles. The normalized spacial score (nSPS) is 8.62. The minimum absolute atomic E-state index is 0. The molecule has 95 heavy (non-hydrogen) atoms. The van der Waals surface area contributed by atoms with Gasteiger partial charge in [-0.1, -0.05) is 357 Å². The van der Waals surface area contributed by atoms with Gasteiger partial charge in [0, 0.05) is 56.9 Å². The van der Waals surface area contributed by atoms with E-state index in [0.29, 0.717) is 0 Å². The van der Waals surface area contributed by atoms with E-state index >= 15 is 0 Å². The summed E-state index contributed by atoms with van der Waals surface area (Å²) < 4.78 is 0. The van der Waals surface area contributed by atoms with Crippen molar-refractivity contribution in [1.29, 1.82) is 0 Å². The number of aromatic nitrogens is 4. The van der Waals surface area contributed by atoms with Crippen LogP contribution in [0.25, 0.3) is 0 Å². The summed E-state index contributed by atoms with van der Waals surface area (Å²) >= 11 is 0. The van der Waals surface area contributed by atoms with Gasteiger partial charge in [0.15, 0.2) is 0 Å². The molecule has 0 N–H and O–H groups in total. The summed E-state index contributed by atoms with van der Waals surface area (Å²) in [4.78, 5) is 15.1. The van der Waals surface area contributed by atoms with Crippen LogP contribution in [0.5, 0.6) is 0 Å². The van der Waals surface area contributed by atoms with Crippen molar-refractivity contribution >= 4 is 0 Å². The largest absolute Gasteiger partial charge is 1.00 e. The van der Waals surface area contributed by atoms with Crippen LogP contribution in [-0.2, 0) is 0 Å². The molecule has 6 heteroatoms. The van der Waals surface area contributed by atoms with Crippen molar-refractivity contribution in [2.75, 3.05) is 0 Å². The zero-order chi connectivity index (χ0) is 70.1. The van der Waals surface area contributed by atoms with E-state index in [1.165, 1.54) is 16.7 Å². The molecule has 0 aliphatic rings. The standard InChI is InChI=1S/C14H18.C13H19.C8H12.C7H12.C7H10.C6H6.4C5H5N.4C2H6.C2H4.4CH4.2K.H2/c1-6-8-10-12(3)14(5)13(4)11-9-7-2;1-5-7-9-12(3)11-13(4)10-8-6-2;1-4-6-7-8(3)5-2;2*1-4-5-6-7(2)3;5*1-2-4-6-5-3-1;5*1-2;;;;;;;/h6-11,14H,1-4H2,5H3;5-11H,1-4H3;4,6-7H,1,3,5H2,2H3;4-6H,1-3H3;4-6H,1-2H2,3H3;1-6H;4*1-5H;4*1-2H3;1-2H2;4*1H4;;;1H/q;-1;;;;;;;;;;;;;;;;;;2*+1;/b10-8-,11-9-;7-5-,10-8?,12-9+,13-11?;7-6-;5-4-;6-5-;;;;;;;;;;;;;;;;;. The second-order valence-electron chi connectivity index (χ2n) is 16.1. The third-order valence-corrected chi connectivity index (χ3v) is 8.56. The topological polar surface area (TPSA) is 51.6 Å². The van der Waals surface area contributed by atoms with Crippen molar-refractivity contribution < 1.29 is 104 Å². The Morgan fingerprint density at radius 2 is 0.674 bits per heavy atom. The van der Waals surface area contributed by atoms with Gasteiger partial charge in [-0.3, -0.25) is 19.9 Å². The molecule has 5 aromatic rings. The Bertz CT molecular complexity index is 2180. The first-order chi connectivity index (χ1) is 43.2. The first kappa shape index (κ1) is 129. The van der Waals surface area contributed by atoms with E-state index in [1.807, 2.05) is 266 Å². The Labute approximate surface area is 680 Å². The molecule has 0 atom stereocenters. The SMILES string of the molecule is C.C.C.C.C/C=C\C=C(/C)C=C(C)C=C[CH-]C.C/C=C\C=C(C)C.C=C.C=C/C=C\C(=C)C.C=C/C=C\C(=C)C(C)C(=C)/C=C\C=C.C=C/C=C\C(=C)CC.CC.CC.CC.CC.[HH].[K+].[K+].c1ccccc1.c1ccncc1.c1ccncc1.c1ccncc1.c1ccncc1. The fourth-order valence-electron chi connectivity index (χ4n) is 4.34. The molecule has 4 heterocycles. The molecule has 0 unspecified atom stereocenters. The molecule has 5 rings (SSSR count). The van der Waals surface area contributed by atoms with Crippen LogP contribution in [-0.4, -0.2) is 19.9 Å². The van der Waals surface area contributed by atoms with Crippen molar-refractivity contribution in [2.45, 2.75) is 161 Å². The predicted octanol–water partition coefficient (Wildman–Crippen LogP) is 23.7. The molecule has 0 saturated heterocycles. The van der Waals surface area contributed by atoms with Gasteiger partial charge < -0.3 is 0 Å². The minimum Gasteiger partial charge on any atom is -0.265 e. The number of hydrogen-bond donors (Lipinski definition) is 0. The van der Waals surface area contributed by atoms with Gasteiger partial charge in [0.25, 0.3) is 0 Å². The van der Waals surface area contributed by atoms with Crippen LogP contribution < -0.4 is 103 Å². The molecule has 0 aliphatic heterocycles. The molecule has 4 aromatic heterocycles. The molecule has 520 valence electrons.